The van der Waals surface area contributed by atoms with Gasteiger partial charge in [-0.3, -0.25) is 4.79 Å². The van der Waals surface area contributed by atoms with Crippen molar-refractivity contribution in [3.8, 4) is 0 Å². The predicted octanol–water partition coefficient (Wildman–Crippen LogP) is 1.35. The molecule has 0 spiro atoms. The van der Waals surface area contributed by atoms with Crippen molar-refractivity contribution in [3.05, 3.63) is 29.3 Å². The Morgan fingerprint density at radius 3 is 2.88 bits per heavy atom. The molecule has 0 aromatic heterocycles. The SMILES string of the molecule is CC1(C)C(=O)Nc2ccc(CCON)cc21. The van der Waals surface area contributed by atoms with E-state index in [1.165, 1.54) is 0 Å². The number of carbonyl (C=O) groups is 1. The smallest absolute Gasteiger partial charge is 0.234 e. The Morgan fingerprint density at radius 2 is 2.19 bits per heavy atom. The van der Waals surface area contributed by atoms with Gasteiger partial charge in [-0.05, 0) is 37.5 Å². The normalized spacial score (nSPS) is 17.1. The molecule has 0 fully saturated rings. The van der Waals surface area contributed by atoms with E-state index in [0.717, 1.165) is 23.2 Å². The average Bonchev–Trinajstić information content (AvgIpc) is 2.48. The molecule has 0 saturated heterocycles. The van der Waals surface area contributed by atoms with Crippen molar-refractivity contribution < 1.29 is 9.63 Å². The molecule has 4 heteroatoms. The lowest BCUT2D eigenvalue weighted by Crippen LogP contribution is -2.26. The van der Waals surface area contributed by atoms with Gasteiger partial charge < -0.3 is 10.2 Å². The Bertz CT molecular complexity index is 427. The Hall–Kier alpha value is -1.39. The van der Waals surface area contributed by atoms with E-state index < -0.39 is 5.41 Å². The van der Waals surface area contributed by atoms with Crippen LogP contribution >= 0.6 is 0 Å². The molecule has 0 saturated carbocycles. The van der Waals surface area contributed by atoms with Crippen LogP contribution in [-0.2, 0) is 21.5 Å². The number of anilines is 1. The van der Waals surface area contributed by atoms with Crippen LogP contribution in [-0.4, -0.2) is 12.5 Å². The molecule has 1 aliphatic heterocycles. The lowest BCUT2D eigenvalue weighted by Gasteiger charge is -2.15. The molecule has 16 heavy (non-hydrogen) atoms. The molecule has 1 amide bonds. The molecular weight excluding hydrogens is 204 g/mol. The summed E-state index contributed by atoms with van der Waals surface area (Å²) in [6, 6.07) is 5.97. The molecule has 4 nitrogen and oxygen atoms in total. The van der Waals surface area contributed by atoms with Crippen LogP contribution in [0.3, 0.4) is 0 Å². The van der Waals surface area contributed by atoms with Crippen LogP contribution in [0.5, 0.6) is 0 Å². The van der Waals surface area contributed by atoms with Crippen LogP contribution in [0.25, 0.3) is 0 Å². The first-order valence-corrected chi connectivity index (χ1v) is 5.32. The van der Waals surface area contributed by atoms with Crippen molar-refractivity contribution in [2.24, 2.45) is 5.90 Å². The van der Waals surface area contributed by atoms with Crippen LogP contribution in [0.1, 0.15) is 25.0 Å². The van der Waals surface area contributed by atoms with Gasteiger partial charge in [0.05, 0.1) is 12.0 Å². The van der Waals surface area contributed by atoms with E-state index in [1.54, 1.807) is 0 Å². The van der Waals surface area contributed by atoms with Crippen molar-refractivity contribution in [3.63, 3.8) is 0 Å². The van der Waals surface area contributed by atoms with Gasteiger partial charge in [0, 0.05) is 5.69 Å². The molecule has 0 atom stereocenters. The summed E-state index contributed by atoms with van der Waals surface area (Å²) in [4.78, 5) is 16.3. The molecule has 1 aromatic carbocycles. The fourth-order valence-corrected chi connectivity index (χ4v) is 1.95. The highest BCUT2D eigenvalue weighted by atomic mass is 16.6. The van der Waals surface area contributed by atoms with Crippen molar-refractivity contribution in [1.82, 2.24) is 0 Å². The maximum Gasteiger partial charge on any atom is 0.234 e. The molecule has 2 rings (SSSR count). The van der Waals surface area contributed by atoms with Gasteiger partial charge in [0.1, 0.15) is 0 Å². The number of carbonyl (C=O) groups excluding carboxylic acids is 1. The molecule has 1 aromatic rings. The predicted molar refractivity (Wildman–Crippen MR) is 61.9 cm³/mol. The second kappa shape index (κ2) is 3.88. The Kier molecular flexibility index (Phi) is 2.69. The molecule has 0 radical (unpaired) electrons. The highest BCUT2D eigenvalue weighted by molar-refractivity contribution is 6.05. The van der Waals surface area contributed by atoms with E-state index in [4.69, 9.17) is 5.90 Å². The number of benzene rings is 1. The number of hydrogen-bond donors (Lipinski definition) is 2. The first-order chi connectivity index (χ1) is 7.55. The van der Waals surface area contributed by atoms with Crippen molar-refractivity contribution in [1.29, 1.82) is 0 Å². The molecule has 86 valence electrons. The van der Waals surface area contributed by atoms with Crippen LogP contribution < -0.4 is 11.2 Å². The third-order valence-corrected chi connectivity index (χ3v) is 3.08. The van der Waals surface area contributed by atoms with Gasteiger partial charge in [0.15, 0.2) is 0 Å². The van der Waals surface area contributed by atoms with Gasteiger partial charge in [-0.25, -0.2) is 5.90 Å². The average molecular weight is 220 g/mol. The van der Waals surface area contributed by atoms with Crippen molar-refractivity contribution >= 4 is 11.6 Å². The fraction of sp³-hybridized carbons (Fsp3) is 0.417. The second-order valence-corrected chi connectivity index (χ2v) is 4.58. The molecule has 0 bridgehead atoms. The van der Waals surface area contributed by atoms with E-state index >= 15 is 0 Å². The summed E-state index contributed by atoms with van der Waals surface area (Å²) >= 11 is 0. The van der Waals surface area contributed by atoms with Gasteiger partial charge in [0.25, 0.3) is 0 Å². The van der Waals surface area contributed by atoms with E-state index in [-0.39, 0.29) is 5.91 Å². The van der Waals surface area contributed by atoms with Gasteiger partial charge in [-0.1, -0.05) is 12.1 Å². The van der Waals surface area contributed by atoms with Gasteiger partial charge in [0.2, 0.25) is 5.91 Å². The summed E-state index contributed by atoms with van der Waals surface area (Å²) < 4.78 is 0. The topological polar surface area (TPSA) is 64.3 Å². The summed E-state index contributed by atoms with van der Waals surface area (Å²) in [5.41, 5.74) is 2.64. The largest absolute Gasteiger partial charge is 0.325 e. The summed E-state index contributed by atoms with van der Waals surface area (Å²) in [5.74, 6) is 5.05. The van der Waals surface area contributed by atoms with Crippen LogP contribution in [0, 0.1) is 0 Å². The third-order valence-electron chi connectivity index (χ3n) is 3.08. The fourth-order valence-electron chi connectivity index (χ4n) is 1.95. The molecule has 0 aliphatic carbocycles. The third kappa shape index (κ3) is 1.70. The first kappa shape index (κ1) is 11.1. The number of nitrogens with one attached hydrogen (secondary N) is 1. The van der Waals surface area contributed by atoms with E-state index in [1.807, 2.05) is 32.0 Å². The Morgan fingerprint density at radius 1 is 1.44 bits per heavy atom. The van der Waals surface area contributed by atoms with Crippen molar-refractivity contribution in [2.75, 3.05) is 11.9 Å². The van der Waals surface area contributed by atoms with Gasteiger partial charge >= 0.3 is 0 Å². The number of amides is 1. The molecular formula is C12H16N2O2. The van der Waals surface area contributed by atoms with Gasteiger partial charge in [-0.2, -0.15) is 0 Å². The van der Waals surface area contributed by atoms with E-state index in [2.05, 4.69) is 10.2 Å². The number of rotatable bonds is 3. The summed E-state index contributed by atoms with van der Waals surface area (Å²) in [6.07, 6.45) is 0.758. The molecule has 1 aliphatic rings. The first-order valence-electron chi connectivity index (χ1n) is 5.32. The standard InChI is InChI=1S/C12H16N2O2/c1-12(2)9-7-8(5-6-16-13)3-4-10(9)14-11(12)15/h3-4,7H,5-6,13H2,1-2H3,(H,14,15). The summed E-state index contributed by atoms with van der Waals surface area (Å²) in [5, 5.41) is 2.88. The van der Waals surface area contributed by atoms with Gasteiger partial charge in [-0.15, -0.1) is 0 Å². The van der Waals surface area contributed by atoms with E-state index in [0.29, 0.717) is 6.61 Å². The number of fused-ring (bicyclic) bond motifs is 1. The van der Waals surface area contributed by atoms with Crippen molar-refractivity contribution in [2.45, 2.75) is 25.7 Å². The zero-order valence-corrected chi connectivity index (χ0v) is 9.54. The molecule has 0 unspecified atom stereocenters. The highest BCUT2D eigenvalue weighted by Crippen LogP contribution is 2.37. The summed E-state index contributed by atoms with van der Waals surface area (Å²) in [7, 11) is 0. The monoisotopic (exact) mass is 220 g/mol. The minimum absolute atomic E-state index is 0.0507. The Labute approximate surface area is 94.7 Å². The maximum absolute atomic E-state index is 11.7. The zero-order valence-electron chi connectivity index (χ0n) is 9.54. The minimum Gasteiger partial charge on any atom is -0.325 e. The van der Waals surface area contributed by atoms with Crippen LogP contribution in [0.4, 0.5) is 5.69 Å². The zero-order chi connectivity index (χ0) is 11.8. The maximum atomic E-state index is 11.7. The quantitative estimate of drug-likeness (QED) is 0.756. The molecule has 3 N–H and O–H groups in total. The van der Waals surface area contributed by atoms with E-state index in [9.17, 15) is 4.79 Å². The van der Waals surface area contributed by atoms with Crippen LogP contribution in [0.2, 0.25) is 0 Å². The summed E-state index contributed by atoms with van der Waals surface area (Å²) in [6.45, 7) is 4.34. The highest BCUT2D eigenvalue weighted by Gasteiger charge is 2.38. The second-order valence-electron chi connectivity index (χ2n) is 4.58. The lowest BCUT2D eigenvalue weighted by molar-refractivity contribution is -0.119. The van der Waals surface area contributed by atoms with Crippen LogP contribution in [0.15, 0.2) is 18.2 Å². The molecule has 1 heterocycles. The minimum atomic E-state index is -0.449. The Balaban J connectivity index is 2.33. The number of hydrogen-bond acceptors (Lipinski definition) is 3. The lowest BCUT2D eigenvalue weighted by atomic mass is 9.85. The number of nitrogens with two attached hydrogens (primary N) is 1.